The number of hydrogen-bond acceptors (Lipinski definition) is 4. The van der Waals surface area contributed by atoms with Gasteiger partial charge in [0.05, 0.1) is 14.2 Å². The molecule has 0 aromatic heterocycles. The number of methoxy groups -OCH3 is 2. The number of carbonyl (C=O) groups excluding carboxylic acids is 1. The maximum Gasteiger partial charge on any atom is 0.170 e. The summed E-state index contributed by atoms with van der Waals surface area (Å²) >= 11 is 0. The van der Waals surface area contributed by atoms with Gasteiger partial charge in [0.15, 0.2) is 5.78 Å². The molecule has 4 heteroatoms. The molecule has 0 fully saturated rings. The van der Waals surface area contributed by atoms with Crippen LogP contribution in [0.5, 0.6) is 17.2 Å². The first-order valence-electron chi connectivity index (χ1n) is 10.5. The van der Waals surface area contributed by atoms with Crippen molar-refractivity contribution in [3.05, 3.63) is 89.5 Å². The van der Waals surface area contributed by atoms with Crippen molar-refractivity contribution in [3.63, 3.8) is 0 Å². The predicted octanol–water partition coefficient (Wildman–Crippen LogP) is 5.81. The van der Waals surface area contributed by atoms with Gasteiger partial charge in [-0.05, 0) is 66.4 Å². The molecule has 0 radical (unpaired) electrons. The van der Waals surface area contributed by atoms with Gasteiger partial charge in [-0.25, -0.2) is 0 Å². The van der Waals surface area contributed by atoms with Crippen LogP contribution in [0.1, 0.15) is 43.4 Å². The molecule has 0 aliphatic carbocycles. The number of benzene rings is 3. The van der Waals surface area contributed by atoms with Crippen LogP contribution in [0.4, 0.5) is 0 Å². The van der Waals surface area contributed by atoms with Gasteiger partial charge < -0.3 is 14.2 Å². The summed E-state index contributed by atoms with van der Waals surface area (Å²) in [7, 11) is 3.33. The zero-order valence-electron chi connectivity index (χ0n) is 18.7. The molecule has 3 aromatic carbocycles. The monoisotopic (exact) mass is 418 g/mol. The molecule has 3 rings (SSSR count). The van der Waals surface area contributed by atoms with Crippen LogP contribution in [-0.2, 0) is 10.2 Å². The summed E-state index contributed by atoms with van der Waals surface area (Å²) in [6.45, 7) is 4.28. The van der Waals surface area contributed by atoms with Gasteiger partial charge in [-0.3, -0.25) is 4.79 Å². The smallest absolute Gasteiger partial charge is 0.170 e. The van der Waals surface area contributed by atoms with E-state index < -0.39 is 5.41 Å². The van der Waals surface area contributed by atoms with Crippen molar-refractivity contribution in [1.82, 2.24) is 0 Å². The van der Waals surface area contributed by atoms with E-state index in [2.05, 4.69) is 37.3 Å². The zero-order chi connectivity index (χ0) is 22.3. The van der Waals surface area contributed by atoms with Gasteiger partial charge in [-0.1, -0.05) is 43.3 Å². The molecule has 31 heavy (non-hydrogen) atoms. The lowest BCUT2D eigenvalue weighted by atomic mass is 9.71. The van der Waals surface area contributed by atoms with Crippen molar-refractivity contribution < 1.29 is 19.0 Å². The molecule has 0 bridgehead atoms. The fraction of sp³-hybridized carbons (Fsp3) is 0.296. The lowest BCUT2D eigenvalue weighted by molar-refractivity contribution is -0.121. The molecule has 4 nitrogen and oxygen atoms in total. The molecule has 0 amide bonds. The minimum absolute atomic E-state index is 0.0963. The summed E-state index contributed by atoms with van der Waals surface area (Å²) in [6, 6.07) is 24.2. The highest BCUT2D eigenvalue weighted by molar-refractivity contribution is 5.79. The van der Waals surface area contributed by atoms with Crippen LogP contribution >= 0.6 is 0 Å². The molecule has 0 unspecified atom stereocenters. The van der Waals surface area contributed by atoms with E-state index in [0.29, 0.717) is 12.2 Å². The van der Waals surface area contributed by atoms with Crippen LogP contribution in [-0.4, -0.2) is 26.6 Å². The maximum atomic E-state index is 11.9. The van der Waals surface area contributed by atoms with Gasteiger partial charge >= 0.3 is 0 Å². The minimum atomic E-state index is -0.439. The summed E-state index contributed by atoms with van der Waals surface area (Å²) in [5, 5.41) is 0. The Morgan fingerprint density at radius 2 is 1.32 bits per heavy atom. The largest absolute Gasteiger partial charge is 0.497 e. The minimum Gasteiger partial charge on any atom is -0.497 e. The molecule has 162 valence electrons. The van der Waals surface area contributed by atoms with E-state index in [-0.39, 0.29) is 12.4 Å². The number of rotatable bonds is 10. The second-order valence-electron chi connectivity index (χ2n) is 7.69. The highest BCUT2D eigenvalue weighted by Gasteiger charge is 2.31. The molecule has 0 spiro atoms. The Hall–Kier alpha value is -3.27. The Labute approximate surface area is 184 Å². The number of ketones is 1. The lowest BCUT2D eigenvalue weighted by Crippen LogP contribution is -2.25. The molecular weight excluding hydrogens is 388 g/mol. The van der Waals surface area contributed by atoms with Crippen LogP contribution in [0.3, 0.4) is 0 Å². The highest BCUT2D eigenvalue weighted by Crippen LogP contribution is 2.41. The average molecular weight is 419 g/mol. The van der Waals surface area contributed by atoms with Crippen molar-refractivity contribution >= 4 is 5.78 Å². The third-order valence-electron chi connectivity index (χ3n) is 5.67. The summed E-state index contributed by atoms with van der Waals surface area (Å²) in [6.07, 6.45) is 1.37. The fourth-order valence-electron chi connectivity index (χ4n) is 3.76. The molecule has 0 aliphatic heterocycles. The van der Waals surface area contributed by atoms with E-state index in [1.165, 1.54) is 0 Å². The van der Waals surface area contributed by atoms with E-state index in [4.69, 9.17) is 14.2 Å². The molecule has 0 saturated heterocycles. The van der Waals surface area contributed by atoms with Gasteiger partial charge in [-0.15, -0.1) is 0 Å². The Kier molecular flexibility index (Phi) is 7.35. The second kappa shape index (κ2) is 10.2. The van der Waals surface area contributed by atoms with Crippen LogP contribution in [0, 0.1) is 0 Å². The standard InChI is InChI=1S/C27H30O4/c1-5-7-23(28)19-31-26-9-6-8-22(18-26)27(2,20-10-14-24(29-3)15-11-20)21-12-16-25(30-4)17-13-21/h6,8-18H,5,7,19H2,1-4H3. The SMILES string of the molecule is CCCC(=O)COc1cccc(C(C)(c2ccc(OC)cc2)c2ccc(OC)cc2)c1. The summed E-state index contributed by atoms with van der Waals surface area (Å²) in [5.74, 6) is 2.43. The third kappa shape index (κ3) is 5.08. The van der Waals surface area contributed by atoms with Gasteiger partial charge in [0.2, 0.25) is 0 Å². The molecule has 0 saturated carbocycles. The van der Waals surface area contributed by atoms with E-state index in [1.807, 2.05) is 49.4 Å². The summed E-state index contributed by atoms with van der Waals surface area (Å²) < 4.78 is 16.5. The number of ether oxygens (including phenoxy) is 3. The third-order valence-corrected chi connectivity index (χ3v) is 5.67. The predicted molar refractivity (Wildman–Crippen MR) is 123 cm³/mol. The first-order chi connectivity index (χ1) is 15.0. The quantitative estimate of drug-likeness (QED) is 0.390. The van der Waals surface area contributed by atoms with Gasteiger partial charge in [0.1, 0.15) is 23.9 Å². The van der Waals surface area contributed by atoms with E-state index in [9.17, 15) is 4.79 Å². The Morgan fingerprint density at radius 3 is 1.81 bits per heavy atom. The zero-order valence-corrected chi connectivity index (χ0v) is 18.7. The van der Waals surface area contributed by atoms with Gasteiger partial charge in [0, 0.05) is 11.8 Å². The van der Waals surface area contributed by atoms with Gasteiger partial charge in [-0.2, -0.15) is 0 Å². The first kappa shape index (κ1) is 22.4. The Bertz CT molecular complexity index is 943. The average Bonchev–Trinajstić information content (AvgIpc) is 2.82. The lowest BCUT2D eigenvalue weighted by Gasteiger charge is -2.32. The normalized spacial score (nSPS) is 11.1. The van der Waals surface area contributed by atoms with Crippen molar-refractivity contribution in [2.24, 2.45) is 0 Å². The number of Topliss-reactive ketones (excluding diaryl/α,β-unsaturated/α-hetero) is 1. The van der Waals surface area contributed by atoms with E-state index in [1.54, 1.807) is 14.2 Å². The fourth-order valence-corrected chi connectivity index (χ4v) is 3.76. The van der Waals surface area contributed by atoms with Crippen LogP contribution in [0.15, 0.2) is 72.8 Å². The van der Waals surface area contributed by atoms with Crippen LogP contribution in [0.25, 0.3) is 0 Å². The van der Waals surface area contributed by atoms with Crippen LogP contribution in [0.2, 0.25) is 0 Å². The van der Waals surface area contributed by atoms with Crippen LogP contribution < -0.4 is 14.2 Å². The Balaban J connectivity index is 2.03. The molecule has 3 aromatic rings. The second-order valence-corrected chi connectivity index (χ2v) is 7.69. The highest BCUT2D eigenvalue weighted by atomic mass is 16.5. The van der Waals surface area contributed by atoms with Crippen molar-refractivity contribution in [1.29, 1.82) is 0 Å². The summed E-state index contributed by atoms with van der Waals surface area (Å²) in [5.41, 5.74) is 2.88. The first-order valence-corrected chi connectivity index (χ1v) is 10.5. The number of carbonyl (C=O) groups is 1. The van der Waals surface area contributed by atoms with Crippen molar-refractivity contribution in [2.45, 2.75) is 32.1 Å². The van der Waals surface area contributed by atoms with Crippen molar-refractivity contribution in [2.75, 3.05) is 20.8 Å². The van der Waals surface area contributed by atoms with Crippen molar-refractivity contribution in [3.8, 4) is 17.2 Å². The molecule has 0 N–H and O–H groups in total. The van der Waals surface area contributed by atoms with Gasteiger partial charge in [0.25, 0.3) is 0 Å². The van der Waals surface area contributed by atoms with E-state index >= 15 is 0 Å². The molecular formula is C27H30O4. The molecule has 0 atom stereocenters. The molecule has 0 aliphatic rings. The Morgan fingerprint density at radius 1 is 0.774 bits per heavy atom. The van der Waals surface area contributed by atoms with E-state index in [0.717, 1.165) is 34.6 Å². The topological polar surface area (TPSA) is 44.8 Å². The molecule has 0 heterocycles. The maximum absolute atomic E-state index is 11.9. The summed E-state index contributed by atoms with van der Waals surface area (Å²) in [4.78, 5) is 11.9. The number of hydrogen-bond donors (Lipinski definition) is 0.